The van der Waals surface area contributed by atoms with E-state index in [0.29, 0.717) is 12.8 Å². The van der Waals surface area contributed by atoms with Gasteiger partial charge >= 0.3 is 23.9 Å². The fraction of sp³-hybridized carbons (Fsp3) is 0.571. The molecule has 4 aliphatic rings. The average molecular weight is 292 g/mol. The van der Waals surface area contributed by atoms with Gasteiger partial charge in [-0.3, -0.25) is 9.59 Å². The lowest BCUT2D eigenvalue weighted by Crippen LogP contribution is -2.49. The highest BCUT2D eigenvalue weighted by Crippen LogP contribution is 2.71. The second kappa shape index (κ2) is 3.52. The maximum atomic E-state index is 12.0. The Kier molecular flexibility index (Phi) is 2.11. The van der Waals surface area contributed by atoms with Gasteiger partial charge in [0.1, 0.15) is 0 Å². The van der Waals surface area contributed by atoms with E-state index in [9.17, 15) is 29.4 Å². The lowest BCUT2D eigenvalue weighted by atomic mass is 9.54. The van der Waals surface area contributed by atoms with Gasteiger partial charge in [-0.15, -0.1) is 0 Å². The monoisotopic (exact) mass is 292 g/mol. The zero-order valence-corrected chi connectivity index (χ0v) is 10.9. The Hall–Kier alpha value is -2.18. The minimum atomic E-state index is -1.24. The van der Waals surface area contributed by atoms with Crippen molar-refractivity contribution in [3.63, 3.8) is 0 Å². The molecule has 1 heterocycles. The summed E-state index contributed by atoms with van der Waals surface area (Å²) in [6.07, 6.45) is 1.00. The van der Waals surface area contributed by atoms with Crippen molar-refractivity contribution in [2.45, 2.75) is 19.3 Å². The minimum absolute atomic E-state index is 0.00841. The van der Waals surface area contributed by atoms with E-state index in [1.807, 2.05) is 0 Å². The number of esters is 2. The summed E-state index contributed by atoms with van der Waals surface area (Å²) in [5.74, 6) is -4.64. The van der Waals surface area contributed by atoms with Gasteiger partial charge < -0.3 is 14.9 Å². The molecule has 21 heavy (non-hydrogen) atoms. The molecule has 1 saturated heterocycles. The molecule has 5 unspecified atom stereocenters. The minimum Gasteiger partial charge on any atom is -0.478 e. The number of hydrogen-bond acceptors (Lipinski definition) is 5. The van der Waals surface area contributed by atoms with Gasteiger partial charge in [-0.05, 0) is 24.7 Å². The Labute approximate surface area is 118 Å². The molecule has 3 fully saturated rings. The molecule has 5 atom stereocenters. The third-order valence-corrected chi connectivity index (χ3v) is 5.71. The summed E-state index contributed by atoms with van der Waals surface area (Å²) in [7, 11) is 0. The zero-order valence-electron chi connectivity index (χ0n) is 10.9. The van der Waals surface area contributed by atoms with E-state index >= 15 is 0 Å². The summed E-state index contributed by atoms with van der Waals surface area (Å²) in [6, 6.07) is 0. The zero-order chi connectivity index (χ0) is 15.1. The van der Waals surface area contributed by atoms with Crippen LogP contribution in [0.3, 0.4) is 0 Å². The van der Waals surface area contributed by atoms with Gasteiger partial charge in [-0.1, -0.05) is 0 Å². The van der Waals surface area contributed by atoms with Crippen molar-refractivity contribution in [1.82, 2.24) is 0 Å². The first-order chi connectivity index (χ1) is 9.86. The molecular formula is C14H12O7. The van der Waals surface area contributed by atoms with Crippen molar-refractivity contribution in [2.24, 2.45) is 29.1 Å². The van der Waals surface area contributed by atoms with Crippen molar-refractivity contribution in [3.05, 3.63) is 11.1 Å². The number of carbonyl (C=O) groups is 4. The van der Waals surface area contributed by atoms with Crippen LogP contribution in [0.2, 0.25) is 0 Å². The van der Waals surface area contributed by atoms with Crippen LogP contribution < -0.4 is 0 Å². The van der Waals surface area contributed by atoms with Crippen LogP contribution in [0.1, 0.15) is 19.3 Å². The van der Waals surface area contributed by atoms with Gasteiger partial charge in [0.25, 0.3) is 0 Å². The maximum Gasteiger partial charge on any atom is 0.332 e. The van der Waals surface area contributed by atoms with Crippen LogP contribution in [0.25, 0.3) is 0 Å². The summed E-state index contributed by atoms with van der Waals surface area (Å²) in [6.45, 7) is 0. The normalized spacial score (nSPS) is 43.0. The molecule has 2 saturated carbocycles. The number of carboxylic acid groups (broad SMARTS) is 2. The number of fused-ring (bicyclic) bond motifs is 6. The Morgan fingerprint density at radius 3 is 2.24 bits per heavy atom. The molecule has 0 aromatic carbocycles. The van der Waals surface area contributed by atoms with E-state index in [0.717, 1.165) is 0 Å². The van der Waals surface area contributed by atoms with Crippen LogP contribution in [-0.4, -0.2) is 34.1 Å². The molecule has 0 radical (unpaired) electrons. The van der Waals surface area contributed by atoms with E-state index in [2.05, 4.69) is 4.74 Å². The van der Waals surface area contributed by atoms with E-state index in [-0.39, 0.29) is 35.3 Å². The summed E-state index contributed by atoms with van der Waals surface area (Å²) in [5.41, 5.74) is -1.04. The van der Waals surface area contributed by atoms with Crippen LogP contribution in [0.5, 0.6) is 0 Å². The highest BCUT2D eigenvalue weighted by Gasteiger charge is 2.72. The topological polar surface area (TPSA) is 118 Å². The number of cyclic esters (lactones) is 2. The Morgan fingerprint density at radius 1 is 1.10 bits per heavy atom. The summed E-state index contributed by atoms with van der Waals surface area (Å²) in [5, 5.41) is 18.5. The predicted molar refractivity (Wildman–Crippen MR) is 63.6 cm³/mol. The first-order valence-corrected chi connectivity index (χ1v) is 6.82. The van der Waals surface area contributed by atoms with Crippen molar-refractivity contribution in [3.8, 4) is 0 Å². The molecule has 110 valence electrons. The van der Waals surface area contributed by atoms with Crippen molar-refractivity contribution in [2.75, 3.05) is 0 Å². The first-order valence-electron chi connectivity index (χ1n) is 6.82. The van der Waals surface area contributed by atoms with E-state index in [1.165, 1.54) is 0 Å². The molecule has 3 aliphatic carbocycles. The van der Waals surface area contributed by atoms with Gasteiger partial charge in [0.2, 0.25) is 0 Å². The molecule has 1 spiro atoms. The molecule has 0 aromatic heterocycles. The molecular weight excluding hydrogens is 280 g/mol. The number of hydrogen-bond donors (Lipinski definition) is 2. The number of carbonyl (C=O) groups excluding carboxylic acids is 2. The molecule has 0 aromatic rings. The Bertz CT molecular complexity index is 660. The standard InChI is InChI=1S/C14H12O7/c15-6-3-14(13(20)21-6)2-4-1-5(14)8-7(4)9(11(16)17)10(8)12(18)19/h4-5,7-8H,1-3H2,(H,16,17)(H,18,19). The molecule has 2 N–H and O–H groups in total. The molecule has 0 amide bonds. The van der Waals surface area contributed by atoms with Crippen molar-refractivity contribution in [1.29, 1.82) is 0 Å². The van der Waals surface area contributed by atoms with Crippen molar-refractivity contribution >= 4 is 23.9 Å². The fourth-order valence-electron chi connectivity index (χ4n) is 5.14. The fourth-order valence-corrected chi connectivity index (χ4v) is 5.14. The smallest absolute Gasteiger partial charge is 0.332 e. The Morgan fingerprint density at radius 2 is 1.71 bits per heavy atom. The summed E-state index contributed by atoms with van der Waals surface area (Å²) in [4.78, 5) is 46.1. The van der Waals surface area contributed by atoms with Crippen LogP contribution in [0, 0.1) is 29.1 Å². The van der Waals surface area contributed by atoms with Crippen molar-refractivity contribution < 1.29 is 34.1 Å². The Balaban J connectivity index is 1.78. The van der Waals surface area contributed by atoms with Crippen LogP contribution in [0.15, 0.2) is 11.1 Å². The first kappa shape index (κ1) is 12.6. The molecule has 1 aliphatic heterocycles. The lowest BCUT2D eigenvalue weighted by Gasteiger charge is -2.46. The van der Waals surface area contributed by atoms with Crippen LogP contribution >= 0.6 is 0 Å². The van der Waals surface area contributed by atoms with E-state index in [1.54, 1.807) is 0 Å². The van der Waals surface area contributed by atoms with Gasteiger partial charge in [0.05, 0.1) is 23.0 Å². The molecule has 7 heteroatoms. The second-order valence-electron chi connectivity index (χ2n) is 6.39. The summed E-state index contributed by atoms with van der Waals surface area (Å²) >= 11 is 0. The molecule has 7 nitrogen and oxygen atoms in total. The second-order valence-corrected chi connectivity index (χ2v) is 6.39. The van der Waals surface area contributed by atoms with E-state index < -0.39 is 35.2 Å². The molecule has 4 rings (SSSR count). The summed E-state index contributed by atoms with van der Waals surface area (Å²) < 4.78 is 4.67. The third kappa shape index (κ3) is 1.25. The largest absolute Gasteiger partial charge is 0.478 e. The maximum absolute atomic E-state index is 12.0. The SMILES string of the molecule is O=C1CC2(CC3CC2C2C(C(=O)O)=C(C(=O)O)C32)C(=O)O1. The quantitative estimate of drug-likeness (QED) is 0.551. The van der Waals surface area contributed by atoms with Gasteiger partial charge in [0.15, 0.2) is 0 Å². The highest BCUT2D eigenvalue weighted by molar-refractivity contribution is 6.04. The number of rotatable bonds is 2. The lowest BCUT2D eigenvalue weighted by molar-refractivity contribution is -0.157. The number of carboxylic acids is 2. The van der Waals surface area contributed by atoms with E-state index in [4.69, 9.17) is 0 Å². The highest BCUT2D eigenvalue weighted by atomic mass is 16.6. The number of aliphatic carboxylic acids is 2. The third-order valence-electron chi connectivity index (χ3n) is 5.71. The van der Waals surface area contributed by atoms with Gasteiger partial charge in [0, 0.05) is 11.8 Å². The molecule has 2 bridgehead atoms. The average Bonchev–Trinajstić information content (AvgIpc) is 2.88. The predicted octanol–water partition coefficient (Wildman–Crippen LogP) is 0.198. The van der Waals surface area contributed by atoms with Crippen LogP contribution in [0.4, 0.5) is 0 Å². The number of ether oxygens (including phenoxy) is 1. The van der Waals surface area contributed by atoms with Crippen LogP contribution in [-0.2, 0) is 23.9 Å². The van der Waals surface area contributed by atoms with Gasteiger partial charge in [-0.2, -0.15) is 0 Å². The van der Waals surface area contributed by atoms with Gasteiger partial charge in [-0.25, -0.2) is 9.59 Å².